The largest absolute Gasteiger partial charge is 0.393 e. The van der Waals surface area contributed by atoms with Crippen LogP contribution in [0.3, 0.4) is 0 Å². The molecule has 1 amide bonds. The van der Waals surface area contributed by atoms with Crippen LogP contribution in [0.25, 0.3) is 0 Å². The second kappa shape index (κ2) is 9.42. The third-order valence-electron chi connectivity index (χ3n) is 2.90. The van der Waals surface area contributed by atoms with Crippen LogP contribution in [0.5, 0.6) is 0 Å². The van der Waals surface area contributed by atoms with Gasteiger partial charge in [-0.2, -0.15) is 0 Å². The zero-order valence-corrected chi connectivity index (χ0v) is 11.6. The Labute approximate surface area is 105 Å². The molecular weight excluding hydrogens is 216 g/mol. The van der Waals surface area contributed by atoms with E-state index >= 15 is 0 Å². The van der Waals surface area contributed by atoms with Crippen molar-refractivity contribution in [3.8, 4) is 0 Å². The highest BCUT2D eigenvalue weighted by molar-refractivity contribution is 5.81. The van der Waals surface area contributed by atoms with E-state index < -0.39 is 0 Å². The number of aliphatic hydroxyl groups excluding tert-OH is 1. The van der Waals surface area contributed by atoms with E-state index in [-0.39, 0.29) is 24.1 Å². The molecule has 4 heteroatoms. The van der Waals surface area contributed by atoms with Crippen LogP contribution in [0.2, 0.25) is 0 Å². The van der Waals surface area contributed by atoms with Crippen LogP contribution < -0.4 is 10.6 Å². The summed E-state index contributed by atoms with van der Waals surface area (Å²) in [5, 5.41) is 15.5. The lowest BCUT2D eigenvalue weighted by Crippen LogP contribution is -2.46. The van der Waals surface area contributed by atoms with Crippen molar-refractivity contribution in [1.82, 2.24) is 10.6 Å². The molecule has 0 fully saturated rings. The van der Waals surface area contributed by atoms with Crippen molar-refractivity contribution in [1.29, 1.82) is 0 Å². The first-order valence-corrected chi connectivity index (χ1v) is 6.73. The third-order valence-corrected chi connectivity index (χ3v) is 2.90. The molecule has 3 N–H and O–H groups in total. The number of rotatable bonds is 9. The Balaban J connectivity index is 3.74. The Kier molecular flexibility index (Phi) is 9.09. The minimum Gasteiger partial charge on any atom is -0.393 e. The van der Waals surface area contributed by atoms with Crippen molar-refractivity contribution in [3.05, 3.63) is 0 Å². The van der Waals surface area contributed by atoms with E-state index in [2.05, 4.69) is 17.6 Å². The van der Waals surface area contributed by atoms with Crippen molar-refractivity contribution < 1.29 is 9.90 Å². The first-order valence-electron chi connectivity index (χ1n) is 6.73. The Morgan fingerprint density at radius 3 is 2.41 bits per heavy atom. The van der Waals surface area contributed by atoms with Crippen LogP contribution >= 0.6 is 0 Å². The topological polar surface area (TPSA) is 61.4 Å². The quantitative estimate of drug-likeness (QED) is 0.575. The monoisotopic (exact) mass is 244 g/mol. The summed E-state index contributed by atoms with van der Waals surface area (Å²) in [6.45, 7) is 8.61. The lowest BCUT2D eigenvalue weighted by atomic mass is 10.1. The van der Waals surface area contributed by atoms with E-state index in [0.717, 1.165) is 19.3 Å². The summed E-state index contributed by atoms with van der Waals surface area (Å²) >= 11 is 0. The van der Waals surface area contributed by atoms with Crippen molar-refractivity contribution >= 4 is 5.91 Å². The van der Waals surface area contributed by atoms with Crippen LogP contribution in [-0.2, 0) is 4.79 Å². The lowest BCUT2D eigenvalue weighted by molar-refractivity contribution is -0.123. The first kappa shape index (κ1) is 16.4. The van der Waals surface area contributed by atoms with Gasteiger partial charge in [0, 0.05) is 6.04 Å². The van der Waals surface area contributed by atoms with Crippen molar-refractivity contribution in [2.24, 2.45) is 0 Å². The molecular formula is C13H28N2O2. The van der Waals surface area contributed by atoms with Gasteiger partial charge in [-0.1, -0.05) is 20.3 Å². The Bertz CT molecular complexity index is 210. The molecule has 0 aliphatic rings. The highest BCUT2D eigenvalue weighted by atomic mass is 16.3. The SMILES string of the molecule is CCCC(C)NC(=O)C(C)NCCC(O)CC. The van der Waals surface area contributed by atoms with Crippen LogP contribution in [0, 0.1) is 0 Å². The maximum absolute atomic E-state index is 11.7. The molecule has 0 heterocycles. The lowest BCUT2D eigenvalue weighted by Gasteiger charge is -2.18. The number of nitrogens with one attached hydrogen (secondary N) is 2. The number of hydrogen-bond donors (Lipinski definition) is 3. The highest BCUT2D eigenvalue weighted by Gasteiger charge is 2.14. The molecule has 0 aromatic carbocycles. The van der Waals surface area contributed by atoms with E-state index in [9.17, 15) is 9.90 Å². The normalized spacial score (nSPS) is 16.3. The molecule has 3 atom stereocenters. The molecule has 0 aromatic heterocycles. The number of carbonyl (C=O) groups is 1. The summed E-state index contributed by atoms with van der Waals surface area (Å²) in [5.41, 5.74) is 0. The molecule has 0 saturated carbocycles. The number of carbonyl (C=O) groups excluding carboxylic acids is 1. The summed E-state index contributed by atoms with van der Waals surface area (Å²) in [4.78, 5) is 11.7. The van der Waals surface area contributed by atoms with Gasteiger partial charge in [0.2, 0.25) is 5.91 Å². The summed E-state index contributed by atoms with van der Waals surface area (Å²) in [6, 6.07) is 0.0383. The van der Waals surface area contributed by atoms with Crippen LogP contribution in [-0.4, -0.2) is 35.7 Å². The van der Waals surface area contributed by atoms with Gasteiger partial charge in [-0.3, -0.25) is 4.79 Å². The van der Waals surface area contributed by atoms with Crippen molar-refractivity contribution in [2.75, 3.05) is 6.54 Å². The van der Waals surface area contributed by atoms with E-state index in [1.807, 2.05) is 20.8 Å². The molecule has 0 radical (unpaired) electrons. The second-order valence-electron chi connectivity index (χ2n) is 4.72. The van der Waals surface area contributed by atoms with Crippen LogP contribution in [0.1, 0.15) is 53.4 Å². The van der Waals surface area contributed by atoms with Crippen LogP contribution in [0.4, 0.5) is 0 Å². The Morgan fingerprint density at radius 1 is 1.24 bits per heavy atom. The molecule has 0 rings (SSSR count). The van der Waals surface area contributed by atoms with Gasteiger partial charge in [-0.05, 0) is 39.7 Å². The molecule has 4 nitrogen and oxygen atoms in total. The minimum absolute atomic E-state index is 0.0388. The standard InChI is InChI=1S/C13H28N2O2/c1-5-7-10(3)15-13(17)11(4)14-9-8-12(16)6-2/h10-12,14,16H,5-9H2,1-4H3,(H,15,17). The summed E-state index contributed by atoms with van der Waals surface area (Å²) in [7, 11) is 0. The van der Waals surface area contributed by atoms with Gasteiger partial charge in [-0.25, -0.2) is 0 Å². The van der Waals surface area contributed by atoms with E-state index in [1.54, 1.807) is 0 Å². The molecule has 0 spiro atoms. The molecule has 17 heavy (non-hydrogen) atoms. The number of aliphatic hydroxyl groups is 1. The molecule has 0 aliphatic carbocycles. The van der Waals surface area contributed by atoms with E-state index in [1.165, 1.54) is 0 Å². The summed E-state index contributed by atoms with van der Waals surface area (Å²) in [6.07, 6.45) is 3.27. The molecule has 0 aliphatic heterocycles. The van der Waals surface area contributed by atoms with Crippen LogP contribution in [0.15, 0.2) is 0 Å². The fraction of sp³-hybridized carbons (Fsp3) is 0.923. The van der Waals surface area contributed by atoms with Gasteiger partial charge in [0.15, 0.2) is 0 Å². The zero-order valence-electron chi connectivity index (χ0n) is 11.6. The molecule has 0 bridgehead atoms. The summed E-state index contributed by atoms with van der Waals surface area (Å²) < 4.78 is 0. The predicted molar refractivity (Wildman–Crippen MR) is 70.9 cm³/mol. The van der Waals surface area contributed by atoms with Gasteiger partial charge in [-0.15, -0.1) is 0 Å². The van der Waals surface area contributed by atoms with Crippen molar-refractivity contribution in [2.45, 2.75) is 71.6 Å². The maximum Gasteiger partial charge on any atom is 0.237 e. The van der Waals surface area contributed by atoms with Gasteiger partial charge >= 0.3 is 0 Å². The molecule has 3 unspecified atom stereocenters. The fourth-order valence-corrected chi connectivity index (χ4v) is 1.64. The highest BCUT2D eigenvalue weighted by Crippen LogP contribution is 1.97. The van der Waals surface area contributed by atoms with E-state index in [0.29, 0.717) is 13.0 Å². The van der Waals surface area contributed by atoms with Crippen molar-refractivity contribution in [3.63, 3.8) is 0 Å². The third kappa shape index (κ3) is 8.16. The number of hydrogen-bond acceptors (Lipinski definition) is 3. The maximum atomic E-state index is 11.7. The Hall–Kier alpha value is -0.610. The predicted octanol–water partition coefficient (Wildman–Crippen LogP) is 1.43. The zero-order chi connectivity index (χ0) is 13.3. The number of amides is 1. The Morgan fingerprint density at radius 2 is 1.88 bits per heavy atom. The van der Waals surface area contributed by atoms with Gasteiger partial charge in [0.1, 0.15) is 0 Å². The van der Waals surface area contributed by atoms with E-state index in [4.69, 9.17) is 0 Å². The second-order valence-corrected chi connectivity index (χ2v) is 4.72. The molecule has 0 aromatic rings. The fourth-order valence-electron chi connectivity index (χ4n) is 1.64. The molecule has 102 valence electrons. The average molecular weight is 244 g/mol. The van der Waals surface area contributed by atoms with Gasteiger partial charge in [0.25, 0.3) is 0 Å². The molecule has 0 saturated heterocycles. The van der Waals surface area contributed by atoms with Gasteiger partial charge < -0.3 is 15.7 Å². The minimum atomic E-state index is -0.267. The van der Waals surface area contributed by atoms with Gasteiger partial charge in [0.05, 0.1) is 12.1 Å². The summed E-state index contributed by atoms with van der Waals surface area (Å²) in [5.74, 6) is 0.0388. The average Bonchev–Trinajstić information content (AvgIpc) is 2.28. The first-order chi connectivity index (χ1) is 8.01. The smallest absolute Gasteiger partial charge is 0.237 e.